The molecule has 1 atom stereocenters. The molecule has 0 radical (unpaired) electrons. The first-order chi connectivity index (χ1) is 13.1. The number of urea groups is 1. The highest BCUT2D eigenvalue weighted by Crippen LogP contribution is 2.33. The number of hydrogen-bond acceptors (Lipinski definition) is 3. The standard InChI is InChI=1S/C21H25N5O/c1-4-13-25-20-18(19-22-16(5-2)14-26(19)21(25)27)24(3)17(23-20)12-11-15-9-7-6-8-10-15/h6-12,16H,4-5,13-14H2,1-3H3. The number of rotatable bonds is 5. The van der Waals surface area contributed by atoms with Crippen LogP contribution < -0.4 is 4.90 Å². The molecule has 0 spiro atoms. The molecule has 0 bridgehead atoms. The predicted octanol–water partition coefficient (Wildman–Crippen LogP) is 3.78. The van der Waals surface area contributed by atoms with Crippen molar-refractivity contribution in [1.82, 2.24) is 14.5 Å². The van der Waals surface area contributed by atoms with Crippen LogP contribution in [0.2, 0.25) is 0 Å². The van der Waals surface area contributed by atoms with Gasteiger partial charge in [0.25, 0.3) is 0 Å². The van der Waals surface area contributed by atoms with Crippen molar-refractivity contribution in [3.63, 3.8) is 0 Å². The lowest BCUT2D eigenvalue weighted by molar-refractivity contribution is 0.226. The fourth-order valence-electron chi connectivity index (χ4n) is 3.64. The lowest BCUT2D eigenvalue weighted by Gasteiger charge is -2.32. The Labute approximate surface area is 159 Å². The summed E-state index contributed by atoms with van der Waals surface area (Å²) in [6.45, 7) is 5.50. The summed E-state index contributed by atoms with van der Waals surface area (Å²) in [5.74, 6) is 2.31. The van der Waals surface area contributed by atoms with Crippen molar-refractivity contribution in [3.05, 3.63) is 47.4 Å². The van der Waals surface area contributed by atoms with Crippen molar-refractivity contribution in [2.75, 3.05) is 18.0 Å². The van der Waals surface area contributed by atoms with Crippen molar-refractivity contribution < 1.29 is 4.79 Å². The molecule has 6 heteroatoms. The van der Waals surface area contributed by atoms with E-state index < -0.39 is 0 Å². The van der Waals surface area contributed by atoms with E-state index in [4.69, 9.17) is 9.98 Å². The maximum Gasteiger partial charge on any atom is 0.331 e. The third kappa shape index (κ3) is 2.95. The van der Waals surface area contributed by atoms with Gasteiger partial charge in [-0.25, -0.2) is 9.78 Å². The second kappa shape index (κ2) is 7.02. The van der Waals surface area contributed by atoms with Gasteiger partial charge in [0.15, 0.2) is 11.7 Å². The minimum Gasteiger partial charge on any atom is -0.323 e. The number of carbonyl (C=O) groups excluding carboxylic acids is 1. The van der Waals surface area contributed by atoms with Crippen LogP contribution in [0, 0.1) is 0 Å². The van der Waals surface area contributed by atoms with Crippen LogP contribution in [0.3, 0.4) is 0 Å². The van der Waals surface area contributed by atoms with Crippen LogP contribution in [0.5, 0.6) is 0 Å². The Morgan fingerprint density at radius 1 is 1.19 bits per heavy atom. The summed E-state index contributed by atoms with van der Waals surface area (Å²) in [4.78, 5) is 26.3. The van der Waals surface area contributed by atoms with Crippen LogP contribution in [0.15, 0.2) is 35.3 Å². The Bertz CT molecular complexity index is 912. The Balaban J connectivity index is 1.79. The third-order valence-corrected chi connectivity index (χ3v) is 5.14. The van der Waals surface area contributed by atoms with Crippen LogP contribution in [0.4, 0.5) is 10.6 Å². The van der Waals surface area contributed by atoms with Gasteiger partial charge in [0, 0.05) is 13.6 Å². The number of imidazole rings is 1. The summed E-state index contributed by atoms with van der Waals surface area (Å²) in [7, 11) is 2.00. The van der Waals surface area contributed by atoms with E-state index in [9.17, 15) is 4.79 Å². The number of aromatic nitrogens is 2. The van der Waals surface area contributed by atoms with E-state index in [1.54, 1.807) is 4.90 Å². The van der Waals surface area contributed by atoms with Gasteiger partial charge < -0.3 is 4.57 Å². The number of anilines is 1. The number of hydrogen-bond donors (Lipinski definition) is 0. The summed E-state index contributed by atoms with van der Waals surface area (Å²) in [6.07, 6.45) is 5.85. The van der Waals surface area contributed by atoms with E-state index in [0.29, 0.717) is 13.1 Å². The van der Waals surface area contributed by atoms with Crippen LogP contribution in [0.25, 0.3) is 12.2 Å². The molecule has 27 heavy (non-hydrogen) atoms. The molecule has 3 heterocycles. The lowest BCUT2D eigenvalue weighted by atomic mass is 10.2. The Morgan fingerprint density at radius 3 is 2.67 bits per heavy atom. The molecule has 4 rings (SSSR count). The normalized spacial score (nSPS) is 18.9. The summed E-state index contributed by atoms with van der Waals surface area (Å²) in [6, 6.07) is 10.3. The number of carbonyl (C=O) groups is 1. The highest BCUT2D eigenvalue weighted by molar-refractivity contribution is 6.18. The van der Waals surface area contributed by atoms with Gasteiger partial charge in [-0.1, -0.05) is 50.3 Å². The fraction of sp³-hybridized carbons (Fsp3) is 0.381. The van der Waals surface area contributed by atoms with Crippen LogP contribution in [-0.4, -0.2) is 45.4 Å². The molecule has 1 aromatic heterocycles. The van der Waals surface area contributed by atoms with Gasteiger partial charge >= 0.3 is 6.03 Å². The minimum absolute atomic E-state index is 0.00395. The topological polar surface area (TPSA) is 53.7 Å². The molecule has 0 N–H and O–H groups in total. The second-order valence-corrected chi connectivity index (χ2v) is 7.00. The predicted molar refractivity (Wildman–Crippen MR) is 109 cm³/mol. The van der Waals surface area contributed by atoms with Crippen molar-refractivity contribution in [2.45, 2.75) is 32.7 Å². The summed E-state index contributed by atoms with van der Waals surface area (Å²) in [5.41, 5.74) is 2.05. The van der Waals surface area contributed by atoms with Gasteiger partial charge in [0.05, 0.1) is 12.6 Å². The number of benzene rings is 1. The third-order valence-electron chi connectivity index (χ3n) is 5.14. The molecule has 0 fully saturated rings. The van der Waals surface area contributed by atoms with Gasteiger partial charge in [-0.2, -0.15) is 0 Å². The van der Waals surface area contributed by atoms with Crippen molar-refractivity contribution in [1.29, 1.82) is 0 Å². The van der Waals surface area contributed by atoms with E-state index >= 15 is 0 Å². The average Bonchev–Trinajstić information content (AvgIpc) is 3.26. The Kier molecular flexibility index (Phi) is 4.56. The Hall–Kier alpha value is -2.89. The smallest absolute Gasteiger partial charge is 0.323 e. The quantitative estimate of drug-likeness (QED) is 0.812. The number of amides is 2. The molecule has 2 aliphatic rings. The SMILES string of the molecule is CCCN1C(=O)N2CC(CC)N=C2c2c1nc(C=Cc1ccccc1)n2C. The fourth-order valence-corrected chi connectivity index (χ4v) is 3.64. The van der Waals surface area contributed by atoms with Crippen molar-refractivity contribution in [2.24, 2.45) is 12.0 Å². The maximum atomic E-state index is 13.0. The highest BCUT2D eigenvalue weighted by atomic mass is 16.2. The molecule has 6 nitrogen and oxygen atoms in total. The molecule has 2 aromatic rings. The number of amidine groups is 1. The van der Waals surface area contributed by atoms with Gasteiger partial charge in [-0.05, 0) is 24.5 Å². The van der Waals surface area contributed by atoms with Gasteiger partial charge in [-0.15, -0.1) is 0 Å². The molecule has 0 saturated heterocycles. The van der Waals surface area contributed by atoms with E-state index in [1.807, 2.05) is 46.9 Å². The molecule has 2 aliphatic heterocycles. The van der Waals surface area contributed by atoms with E-state index in [1.165, 1.54) is 0 Å². The monoisotopic (exact) mass is 363 g/mol. The zero-order chi connectivity index (χ0) is 19.0. The van der Waals surface area contributed by atoms with Gasteiger partial charge in [0.2, 0.25) is 0 Å². The zero-order valence-electron chi connectivity index (χ0n) is 16.1. The van der Waals surface area contributed by atoms with E-state index in [-0.39, 0.29) is 12.1 Å². The average molecular weight is 363 g/mol. The molecule has 1 unspecified atom stereocenters. The van der Waals surface area contributed by atoms with E-state index in [2.05, 4.69) is 26.0 Å². The van der Waals surface area contributed by atoms with Crippen LogP contribution in [-0.2, 0) is 7.05 Å². The molecule has 2 amide bonds. The largest absolute Gasteiger partial charge is 0.331 e. The van der Waals surface area contributed by atoms with Crippen LogP contribution >= 0.6 is 0 Å². The summed E-state index contributed by atoms with van der Waals surface area (Å²) < 4.78 is 2.05. The summed E-state index contributed by atoms with van der Waals surface area (Å²) >= 11 is 0. The van der Waals surface area contributed by atoms with Crippen LogP contribution in [0.1, 0.15) is 43.8 Å². The van der Waals surface area contributed by atoms with Gasteiger partial charge in [0.1, 0.15) is 11.5 Å². The van der Waals surface area contributed by atoms with Crippen molar-refractivity contribution >= 4 is 29.8 Å². The minimum atomic E-state index is -0.00395. The molecular weight excluding hydrogens is 338 g/mol. The maximum absolute atomic E-state index is 13.0. The first-order valence-electron chi connectivity index (χ1n) is 9.61. The number of fused-ring (bicyclic) bond motifs is 3. The molecule has 140 valence electrons. The molecule has 1 aromatic carbocycles. The Morgan fingerprint density at radius 2 is 1.96 bits per heavy atom. The molecule has 0 saturated carbocycles. The second-order valence-electron chi connectivity index (χ2n) is 7.00. The van der Waals surface area contributed by atoms with Gasteiger partial charge in [-0.3, -0.25) is 14.8 Å². The first kappa shape index (κ1) is 17.5. The highest BCUT2D eigenvalue weighted by Gasteiger charge is 2.42. The number of aliphatic imine (C=N–C) groups is 1. The lowest BCUT2D eigenvalue weighted by Crippen LogP contribution is -2.51. The van der Waals surface area contributed by atoms with E-state index in [0.717, 1.165) is 41.6 Å². The number of nitrogens with zero attached hydrogens (tertiary/aromatic N) is 5. The molecular formula is C21H25N5O. The molecule has 0 aliphatic carbocycles. The zero-order valence-corrected chi connectivity index (χ0v) is 16.1. The van der Waals surface area contributed by atoms with Crippen molar-refractivity contribution in [3.8, 4) is 0 Å². The first-order valence-corrected chi connectivity index (χ1v) is 9.61. The summed E-state index contributed by atoms with van der Waals surface area (Å²) in [5, 5.41) is 0.